The maximum atomic E-state index is 13.4. The van der Waals surface area contributed by atoms with Gasteiger partial charge in [0.2, 0.25) is 5.95 Å². The molecule has 0 radical (unpaired) electrons. The molecule has 0 saturated carbocycles. The fraction of sp³-hybridized carbons (Fsp3) is 0.214. The van der Waals surface area contributed by atoms with Crippen LogP contribution in [-0.4, -0.2) is 4.98 Å². The van der Waals surface area contributed by atoms with E-state index in [-0.39, 0.29) is 11.9 Å². The van der Waals surface area contributed by atoms with Gasteiger partial charge in [-0.05, 0) is 43.2 Å². The Bertz CT molecular complexity index is 538. The lowest BCUT2D eigenvalue weighted by atomic mass is 10.1. The van der Waals surface area contributed by atoms with Gasteiger partial charge in [-0.1, -0.05) is 12.1 Å². The van der Waals surface area contributed by atoms with E-state index in [9.17, 15) is 8.78 Å². The Hall–Kier alpha value is -1.97. The van der Waals surface area contributed by atoms with Crippen LogP contribution in [-0.2, 0) is 0 Å². The molecule has 2 nitrogen and oxygen atoms in total. The second-order valence-corrected chi connectivity index (χ2v) is 4.24. The fourth-order valence-electron chi connectivity index (χ4n) is 1.67. The van der Waals surface area contributed by atoms with Crippen molar-refractivity contribution in [1.82, 2.24) is 4.98 Å². The lowest BCUT2D eigenvalue weighted by Crippen LogP contribution is -2.07. The van der Waals surface area contributed by atoms with E-state index in [0.29, 0.717) is 11.3 Å². The Balaban J connectivity index is 2.13. The first-order valence-corrected chi connectivity index (χ1v) is 5.70. The third-order valence-corrected chi connectivity index (χ3v) is 2.81. The van der Waals surface area contributed by atoms with E-state index >= 15 is 0 Å². The van der Waals surface area contributed by atoms with E-state index in [2.05, 4.69) is 10.3 Å². The minimum atomic E-state index is -0.519. The fourth-order valence-corrected chi connectivity index (χ4v) is 1.67. The van der Waals surface area contributed by atoms with Crippen LogP contribution in [0, 0.1) is 18.7 Å². The minimum Gasteiger partial charge on any atom is -0.377 e. The van der Waals surface area contributed by atoms with Crippen molar-refractivity contribution in [2.24, 2.45) is 0 Å². The second kappa shape index (κ2) is 5.12. The molecular weight excluding hydrogens is 234 g/mol. The smallest absolute Gasteiger partial charge is 0.212 e. The number of benzene rings is 1. The maximum Gasteiger partial charge on any atom is 0.212 e. The van der Waals surface area contributed by atoms with Crippen molar-refractivity contribution in [2.75, 3.05) is 5.32 Å². The number of pyridine rings is 1. The standard InChI is InChI=1S/C14H14F2N2/c1-9-3-4-11(7-13(9)15)10(2)18-12-5-6-14(16)17-8-12/h3-8,10,18H,1-2H3. The summed E-state index contributed by atoms with van der Waals surface area (Å²) in [6, 6.07) is 7.92. The molecule has 0 bridgehead atoms. The molecule has 0 aliphatic carbocycles. The van der Waals surface area contributed by atoms with E-state index in [0.717, 1.165) is 5.56 Å². The molecule has 18 heavy (non-hydrogen) atoms. The summed E-state index contributed by atoms with van der Waals surface area (Å²) < 4.78 is 26.1. The molecule has 1 aromatic carbocycles. The predicted molar refractivity (Wildman–Crippen MR) is 67.4 cm³/mol. The van der Waals surface area contributed by atoms with E-state index in [1.54, 1.807) is 19.1 Å². The highest BCUT2D eigenvalue weighted by Gasteiger charge is 2.08. The van der Waals surface area contributed by atoms with Crippen molar-refractivity contribution in [1.29, 1.82) is 0 Å². The number of anilines is 1. The van der Waals surface area contributed by atoms with Crippen LogP contribution in [0.3, 0.4) is 0 Å². The van der Waals surface area contributed by atoms with Crippen molar-refractivity contribution in [3.8, 4) is 0 Å². The minimum absolute atomic E-state index is 0.0765. The van der Waals surface area contributed by atoms with Crippen LogP contribution >= 0.6 is 0 Å². The summed E-state index contributed by atoms with van der Waals surface area (Å²) in [7, 11) is 0. The van der Waals surface area contributed by atoms with Gasteiger partial charge in [0.05, 0.1) is 11.9 Å². The van der Waals surface area contributed by atoms with Gasteiger partial charge in [0.25, 0.3) is 0 Å². The Morgan fingerprint density at radius 3 is 2.56 bits per heavy atom. The van der Waals surface area contributed by atoms with Crippen molar-refractivity contribution < 1.29 is 8.78 Å². The highest BCUT2D eigenvalue weighted by Crippen LogP contribution is 2.20. The molecule has 0 amide bonds. The van der Waals surface area contributed by atoms with Crippen LogP contribution in [0.2, 0.25) is 0 Å². The molecule has 1 heterocycles. The molecular formula is C14H14F2N2. The topological polar surface area (TPSA) is 24.9 Å². The normalized spacial score (nSPS) is 12.2. The number of hydrogen-bond donors (Lipinski definition) is 1. The van der Waals surface area contributed by atoms with Gasteiger partial charge in [-0.2, -0.15) is 4.39 Å². The largest absolute Gasteiger partial charge is 0.377 e. The van der Waals surface area contributed by atoms with Gasteiger partial charge in [0, 0.05) is 6.04 Å². The number of rotatable bonds is 3. The lowest BCUT2D eigenvalue weighted by molar-refractivity contribution is 0.584. The van der Waals surface area contributed by atoms with Gasteiger partial charge in [-0.3, -0.25) is 0 Å². The number of nitrogens with zero attached hydrogens (tertiary/aromatic N) is 1. The van der Waals surface area contributed by atoms with E-state index < -0.39 is 5.95 Å². The van der Waals surface area contributed by atoms with E-state index in [4.69, 9.17) is 0 Å². The van der Waals surface area contributed by atoms with Crippen LogP contribution in [0.4, 0.5) is 14.5 Å². The van der Waals surface area contributed by atoms with Crippen LogP contribution in [0.25, 0.3) is 0 Å². The van der Waals surface area contributed by atoms with Crippen LogP contribution in [0.5, 0.6) is 0 Å². The molecule has 2 aromatic rings. The van der Waals surface area contributed by atoms with Gasteiger partial charge in [-0.25, -0.2) is 9.37 Å². The Morgan fingerprint density at radius 1 is 1.17 bits per heavy atom. The predicted octanol–water partition coefficient (Wildman–Crippen LogP) is 3.84. The number of hydrogen-bond acceptors (Lipinski definition) is 2. The summed E-state index contributed by atoms with van der Waals surface area (Å²) in [5, 5.41) is 3.14. The number of aromatic nitrogens is 1. The monoisotopic (exact) mass is 248 g/mol. The van der Waals surface area contributed by atoms with Gasteiger partial charge in [0.15, 0.2) is 0 Å². The number of halogens is 2. The highest BCUT2D eigenvalue weighted by atomic mass is 19.1. The SMILES string of the molecule is Cc1ccc(C(C)Nc2ccc(F)nc2)cc1F. The zero-order chi connectivity index (χ0) is 13.1. The van der Waals surface area contributed by atoms with Crippen molar-refractivity contribution in [3.63, 3.8) is 0 Å². The molecule has 1 unspecified atom stereocenters. The van der Waals surface area contributed by atoms with Crippen molar-refractivity contribution >= 4 is 5.69 Å². The van der Waals surface area contributed by atoms with Crippen LogP contribution < -0.4 is 5.32 Å². The zero-order valence-electron chi connectivity index (χ0n) is 10.2. The molecule has 94 valence electrons. The summed E-state index contributed by atoms with van der Waals surface area (Å²) in [4.78, 5) is 3.55. The lowest BCUT2D eigenvalue weighted by Gasteiger charge is -2.15. The van der Waals surface area contributed by atoms with Crippen LogP contribution in [0.15, 0.2) is 36.5 Å². The molecule has 0 spiro atoms. The van der Waals surface area contributed by atoms with Crippen molar-refractivity contribution in [2.45, 2.75) is 19.9 Å². The molecule has 0 aliphatic rings. The molecule has 1 atom stereocenters. The third-order valence-electron chi connectivity index (χ3n) is 2.81. The van der Waals surface area contributed by atoms with Crippen molar-refractivity contribution in [3.05, 3.63) is 59.4 Å². The van der Waals surface area contributed by atoms with Gasteiger partial charge in [-0.15, -0.1) is 0 Å². The van der Waals surface area contributed by atoms with Gasteiger partial charge in [0.1, 0.15) is 5.82 Å². The summed E-state index contributed by atoms with van der Waals surface area (Å²) >= 11 is 0. The van der Waals surface area contributed by atoms with E-state index in [1.807, 2.05) is 13.0 Å². The molecule has 0 fully saturated rings. The average molecular weight is 248 g/mol. The maximum absolute atomic E-state index is 13.4. The Kier molecular flexibility index (Phi) is 3.55. The Labute approximate surface area is 105 Å². The third kappa shape index (κ3) is 2.83. The first kappa shape index (κ1) is 12.5. The Morgan fingerprint density at radius 2 is 1.94 bits per heavy atom. The average Bonchev–Trinajstić information content (AvgIpc) is 2.35. The first-order chi connectivity index (χ1) is 8.56. The van der Waals surface area contributed by atoms with Crippen LogP contribution in [0.1, 0.15) is 24.1 Å². The molecule has 0 aliphatic heterocycles. The summed E-state index contributed by atoms with van der Waals surface area (Å²) in [6.07, 6.45) is 1.41. The van der Waals surface area contributed by atoms with E-state index in [1.165, 1.54) is 18.3 Å². The number of nitrogens with one attached hydrogen (secondary N) is 1. The second-order valence-electron chi connectivity index (χ2n) is 4.24. The molecule has 0 saturated heterocycles. The highest BCUT2D eigenvalue weighted by molar-refractivity contribution is 5.43. The molecule has 1 aromatic heterocycles. The quantitative estimate of drug-likeness (QED) is 0.835. The summed E-state index contributed by atoms with van der Waals surface area (Å²) in [5.41, 5.74) is 2.15. The van der Waals surface area contributed by atoms with Gasteiger partial charge >= 0.3 is 0 Å². The summed E-state index contributed by atoms with van der Waals surface area (Å²) in [5.74, 6) is -0.743. The zero-order valence-corrected chi connectivity index (χ0v) is 10.2. The van der Waals surface area contributed by atoms with Gasteiger partial charge < -0.3 is 5.32 Å². The molecule has 4 heteroatoms. The molecule has 2 rings (SSSR count). The first-order valence-electron chi connectivity index (χ1n) is 5.70. The summed E-state index contributed by atoms with van der Waals surface area (Å²) in [6.45, 7) is 3.63. The number of aryl methyl sites for hydroxylation is 1. The molecule has 1 N–H and O–H groups in total.